The van der Waals surface area contributed by atoms with Crippen LogP contribution < -0.4 is 4.74 Å². The third kappa shape index (κ3) is 3.61. The van der Waals surface area contributed by atoms with Gasteiger partial charge in [0.1, 0.15) is 17.4 Å². The minimum Gasteiger partial charge on any atom is -0.457 e. The van der Waals surface area contributed by atoms with Crippen molar-refractivity contribution in [2.24, 2.45) is 0 Å². The van der Waals surface area contributed by atoms with Crippen molar-refractivity contribution in [3.05, 3.63) is 59.7 Å². The van der Waals surface area contributed by atoms with E-state index in [1.54, 1.807) is 4.90 Å². The molecule has 2 aliphatic rings. The average molecular weight is 379 g/mol. The van der Waals surface area contributed by atoms with E-state index in [1.165, 1.54) is 6.42 Å². The second kappa shape index (κ2) is 8.05. The van der Waals surface area contributed by atoms with E-state index in [4.69, 9.17) is 9.47 Å². The maximum Gasteiger partial charge on any atom is 0.318 e. The fourth-order valence-electron chi connectivity index (χ4n) is 4.15. The molecule has 1 saturated carbocycles. The number of carbonyl (C=O) groups excluding carboxylic acids is 2. The number of hydrogen-bond donors (Lipinski definition) is 0. The van der Waals surface area contributed by atoms with Crippen molar-refractivity contribution >= 4 is 11.9 Å². The first-order chi connectivity index (χ1) is 13.6. The molecule has 1 fully saturated rings. The van der Waals surface area contributed by atoms with Gasteiger partial charge in [0.15, 0.2) is 6.61 Å². The van der Waals surface area contributed by atoms with E-state index in [0.29, 0.717) is 11.5 Å². The van der Waals surface area contributed by atoms with Crippen LogP contribution in [0.5, 0.6) is 11.5 Å². The molecule has 0 aromatic heterocycles. The van der Waals surface area contributed by atoms with Gasteiger partial charge >= 0.3 is 5.97 Å². The Kier molecular flexibility index (Phi) is 5.33. The lowest BCUT2D eigenvalue weighted by Crippen LogP contribution is -2.41. The minimum atomic E-state index is -0.589. The number of carbonyl (C=O) groups is 2. The number of amides is 1. The number of likely N-dealkylation sites (N-methyl/N-ethyl adjacent to an activating group) is 1. The van der Waals surface area contributed by atoms with Crippen molar-refractivity contribution in [3.63, 3.8) is 0 Å². The topological polar surface area (TPSA) is 55.8 Å². The summed E-state index contributed by atoms with van der Waals surface area (Å²) in [5.41, 5.74) is 1.53. The fraction of sp³-hybridized carbons (Fsp3) is 0.391. The monoisotopic (exact) mass is 379 g/mol. The van der Waals surface area contributed by atoms with E-state index >= 15 is 0 Å². The molecule has 0 saturated heterocycles. The third-order valence-corrected chi connectivity index (χ3v) is 5.77. The van der Waals surface area contributed by atoms with Gasteiger partial charge in [-0.3, -0.25) is 9.59 Å². The lowest BCUT2D eigenvalue weighted by molar-refractivity contribution is -0.153. The molecule has 146 valence electrons. The van der Waals surface area contributed by atoms with Crippen LogP contribution in [0.4, 0.5) is 0 Å². The molecule has 2 aromatic rings. The lowest BCUT2D eigenvalue weighted by atomic mass is 9.88. The molecule has 0 N–H and O–H groups in total. The van der Waals surface area contributed by atoms with Crippen LogP contribution in [0.3, 0.4) is 0 Å². The molecule has 0 unspecified atom stereocenters. The number of esters is 1. The number of benzene rings is 2. The van der Waals surface area contributed by atoms with Gasteiger partial charge in [0.25, 0.3) is 5.91 Å². The second-order valence-electron chi connectivity index (χ2n) is 7.51. The van der Waals surface area contributed by atoms with Crippen LogP contribution in [-0.2, 0) is 14.3 Å². The van der Waals surface area contributed by atoms with Crippen LogP contribution >= 0.6 is 0 Å². The normalized spacial score (nSPS) is 16.5. The Bertz CT molecular complexity index is 827. The van der Waals surface area contributed by atoms with Crippen LogP contribution in [0.15, 0.2) is 48.5 Å². The van der Waals surface area contributed by atoms with E-state index in [9.17, 15) is 9.59 Å². The van der Waals surface area contributed by atoms with Crippen LogP contribution in [0, 0.1) is 0 Å². The number of rotatable bonds is 4. The standard InChI is InChI=1S/C23H25NO4/c1-24(16-9-3-2-4-10-16)21(25)15-27-23(26)22-17-11-5-7-13-19(17)28-20-14-8-6-12-18(20)22/h5-8,11-14,16,22H,2-4,9-10,15H2,1H3. The van der Waals surface area contributed by atoms with Crippen molar-refractivity contribution in [2.45, 2.75) is 44.1 Å². The zero-order chi connectivity index (χ0) is 19.5. The molecule has 1 aliphatic heterocycles. The van der Waals surface area contributed by atoms with Gasteiger partial charge in [-0.2, -0.15) is 0 Å². The third-order valence-electron chi connectivity index (χ3n) is 5.77. The molecule has 28 heavy (non-hydrogen) atoms. The predicted octanol–water partition coefficient (Wildman–Crippen LogP) is 4.26. The summed E-state index contributed by atoms with van der Waals surface area (Å²) >= 11 is 0. The zero-order valence-electron chi connectivity index (χ0n) is 16.1. The van der Waals surface area contributed by atoms with Gasteiger partial charge in [-0.15, -0.1) is 0 Å². The summed E-state index contributed by atoms with van der Waals surface area (Å²) < 4.78 is 11.4. The van der Waals surface area contributed by atoms with Gasteiger partial charge < -0.3 is 14.4 Å². The first kappa shape index (κ1) is 18.5. The summed E-state index contributed by atoms with van der Waals surface area (Å²) in [6, 6.07) is 15.2. The highest BCUT2D eigenvalue weighted by Gasteiger charge is 2.34. The first-order valence-corrected chi connectivity index (χ1v) is 9.93. The quantitative estimate of drug-likeness (QED) is 0.745. The summed E-state index contributed by atoms with van der Waals surface area (Å²) in [7, 11) is 1.81. The highest BCUT2D eigenvalue weighted by atomic mass is 16.5. The van der Waals surface area contributed by atoms with Crippen molar-refractivity contribution < 1.29 is 19.1 Å². The maximum absolute atomic E-state index is 13.0. The van der Waals surface area contributed by atoms with Crippen molar-refractivity contribution in [3.8, 4) is 11.5 Å². The molecular weight excluding hydrogens is 354 g/mol. The Balaban J connectivity index is 1.48. The number of para-hydroxylation sites is 2. The second-order valence-corrected chi connectivity index (χ2v) is 7.51. The molecule has 4 rings (SSSR count). The van der Waals surface area contributed by atoms with Crippen LogP contribution in [-0.4, -0.2) is 36.5 Å². The van der Waals surface area contributed by atoms with Gasteiger partial charge in [0, 0.05) is 24.2 Å². The summed E-state index contributed by atoms with van der Waals surface area (Å²) in [5, 5.41) is 0. The van der Waals surface area contributed by atoms with Gasteiger partial charge in [0.05, 0.1) is 0 Å². The number of hydrogen-bond acceptors (Lipinski definition) is 4. The molecule has 1 aliphatic carbocycles. The van der Waals surface area contributed by atoms with Gasteiger partial charge in [0.2, 0.25) is 0 Å². The predicted molar refractivity (Wildman–Crippen MR) is 105 cm³/mol. The Hall–Kier alpha value is -2.82. The molecule has 5 nitrogen and oxygen atoms in total. The van der Waals surface area contributed by atoms with Crippen molar-refractivity contribution in [1.29, 1.82) is 0 Å². The number of nitrogens with zero attached hydrogens (tertiary/aromatic N) is 1. The summed E-state index contributed by atoms with van der Waals surface area (Å²) in [6.07, 6.45) is 5.58. The highest BCUT2D eigenvalue weighted by Crippen LogP contribution is 2.44. The molecule has 0 spiro atoms. The van der Waals surface area contributed by atoms with Crippen LogP contribution in [0.1, 0.15) is 49.1 Å². The Morgan fingerprint density at radius 1 is 0.964 bits per heavy atom. The van der Waals surface area contributed by atoms with Gasteiger partial charge in [-0.05, 0) is 25.0 Å². The maximum atomic E-state index is 13.0. The molecule has 0 radical (unpaired) electrons. The van der Waals surface area contributed by atoms with E-state index in [-0.39, 0.29) is 18.6 Å². The van der Waals surface area contributed by atoms with Crippen LogP contribution in [0.2, 0.25) is 0 Å². The molecule has 1 amide bonds. The summed E-state index contributed by atoms with van der Waals surface area (Å²) in [5.74, 6) is 0.138. The van der Waals surface area contributed by atoms with Crippen molar-refractivity contribution in [2.75, 3.05) is 13.7 Å². The molecule has 5 heteroatoms. The Morgan fingerprint density at radius 2 is 1.54 bits per heavy atom. The fourth-order valence-corrected chi connectivity index (χ4v) is 4.15. The molecule has 2 aromatic carbocycles. The SMILES string of the molecule is CN(C(=O)COC(=O)C1c2ccccc2Oc2ccccc21)C1CCCCC1. The number of fused-ring (bicyclic) bond motifs is 2. The smallest absolute Gasteiger partial charge is 0.318 e. The molecule has 0 bridgehead atoms. The molecular formula is C23H25NO4. The van der Waals surface area contributed by atoms with Gasteiger partial charge in [-0.1, -0.05) is 55.7 Å². The summed E-state index contributed by atoms with van der Waals surface area (Å²) in [6.45, 7) is -0.229. The largest absolute Gasteiger partial charge is 0.457 e. The Morgan fingerprint density at radius 3 is 2.14 bits per heavy atom. The Labute approximate surface area is 165 Å². The molecule has 1 heterocycles. The summed E-state index contributed by atoms with van der Waals surface area (Å²) in [4.78, 5) is 27.3. The first-order valence-electron chi connectivity index (χ1n) is 9.93. The number of ether oxygens (including phenoxy) is 2. The highest BCUT2D eigenvalue weighted by molar-refractivity contribution is 5.87. The lowest BCUT2D eigenvalue weighted by Gasteiger charge is -2.31. The minimum absolute atomic E-state index is 0.145. The molecule has 0 atom stereocenters. The van der Waals surface area contributed by atoms with Crippen molar-refractivity contribution in [1.82, 2.24) is 4.90 Å². The van der Waals surface area contributed by atoms with E-state index in [1.807, 2.05) is 55.6 Å². The van der Waals surface area contributed by atoms with E-state index in [0.717, 1.165) is 36.8 Å². The zero-order valence-corrected chi connectivity index (χ0v) is 16.1. The van der Waals surface area contributed by atoms with Gasteiger partial charge in [-0.25, -0.2) is 0 Å². The van der Waals surface area contributed by atoms with E-state index in [2.05, 4.69) is 0 Å². The average Bonchev–Trinajstić information content (AvgIpc) is 2.75. The van der Waals surface area contributed by atoms with E-state index < -0.39 is 11.9 Å². The van der Waals surface area contributed by atoms with Crippen LogP contribution in [0.25, 0.3) is 0 Å².